The zero-order valence-electron chi connectivity index (χ0n) is 15.5. The van der Waals surface area contributed by atoms with Crippen LogP contribution in [-0.2, 0) is 11.3 Å². The standard InChI is InChI=1S/C20H22N4O2S/c1-13-5-3-4-6-15(13)11-21-20(25)18-22-16-12-27-14(2)17(16)19(23-18)24-7-9-26-10-8-24/h3-6,12H,7-11H2,1-2H3,(H,21,25). The van der Waals surface area contributed by atoms with Crippen LogP contribution in [0.1, 0.15) is 26.6 Å². The van der Waals surface area contributed by atoms with E-state index in [2.05, 4.69) is 27.1 Å². The Bertz CT molecular complexity index is 979. The molecule has 4 rings (SSSR count). The predicted octanol–water partition coefficient (Wildman–Crippen LogP) is 3.07. The average molecular weight is 382 g/mol. The summed E-state index contributed by atoms with van der Waals surface area (Å²) in [5.41, 5.74) is 3.07. The van der Waals surface area contributed by atoms with Crippen molar-refractivity contribution in [3.8, 4) is 0 Å². The molecule has 2 aromatic heterocycles. The summed E-state index contributed by atoms with van der Waals surface area (Å²) in [6, 6.07) is 8.02. The van der Waals surface area contributed by atoms with Gasteiger partial charge in [-0.15, -0.1) is 11.3 Å². The van der Waals surface area contributed by atoms with Gasteiger partial charge < -0.3 is 15.0 Å². The third kappa shape index (κ3) is 3.65. The number of hydrogen-bond donors (Lipinski definition) is 1. The highest BCUT2D eigenvalue weighted by atomic mass is 32.1. The van der Waals surface area contributed by atoms with Crippen LogP contribution in [0.15, 0.2) is 29.6 Å². The molecule has 3 heterocycles. The molecule has 0 unspecified atom stereocenters. The number of thiophene rings is 1. The van der Waals surface area contributed by atoms with E-state index in [4.69, 9.17) is 4.74 Å². The number of benzene rings is 1. The lowest BCUT2D eigenvalue weighted by molar-refractivity contribution is 0.0940. The van der Waals surface area contributed by atoms with Crippen LogP contribution >= 0.6 is 11.3 Å². The molecule has 1 saturated heterocycles. The van der Waals surface area contributed by atoms with Gasteiger partial charge in [0, 0.05) is 29.9 Å². The van der Waals surface area contributed by atoms with Gasteiger partial charge in [-0.05, 0) is 25.0 Å². The number of aryl methyl sites for hydroxylation is 2. The summed E-state index contributed by atoms with van der Waals surface area (Å²) in [6.07, 6.45) is 0. The Hall–Kier alpha value is -2.51. The molecule has 1 aliphatic rings. The fourth-order valence-electron chi connectivity index (χ4n) is 3.26. The van der Waals surface area contributed by atoms with Gasteiger partial charge in [-0.25, -0.2) is 9.97 Å². The Labute approximate surface area is 162 Å². The van der Waals surface area contributed by atoms with Gasteiger partial charge in [0.25, 0.3) is 5.91 Å². The molecular formula is C20H22N4O2S. The summed E-state index contributed by atoms with van der Waals surface area (Å²) in [5, 5.41) is 5.99. The number of carbonyl (C=O) groups is 1. The minimum absolute atomic E-state index is 0.218. The quantitative estimate of drug-likeness (QED) is 0.751. The Morgan fingerprint density at radius 3 is 2.78 bits per heavy atom. The maximum atomic E-state index is 12.7. The number of amides is 1. The lowest BCUT2D eigenvalue weighted by Gasteiger charge is -2.28. The second kappa shape index (κ2) is 7.62. The van der Waals surface area contributed by atoms with E-state index in [0.29, 0.717) is 19.8 Å². The number of rotatable bonds is 4. The van der Waals surface area contributed by atoms with Crippen molar-refractivity contribution < 1.29 is 9.53 Å². The normalized spacial score (nSPS) is 14.5. The number of fused-ring (bicyclic) bond motifs is 1. The first-order valence-corrected chi connectivity index (χ1v) is 9.92. The van der Waals surface area contributed by atoms with Crippen molar-refractivity contribution in [3.63, 3.8) is 0 Å². The van der Waals surface area contributed by atoms with E-state index in [1.807, 2.05) is 36.6 Å². The molecule has 0 saturated carbocycles. The number of anilines is 1. The van der Waals surface area contributed by atoms with Crippen molar-refractivity contribution in [1.82, 2.24) is 15.3 Å². The summed E-state index contributed by atoms with van der Waals surface area (Å²) >= 11 is 1.64. The highest BCUT2D eigenvalue weighted by molar-refractivity contribution is 7.11. The van der Waals surface area contributed by atoms with Crippen molar-refractivity contribution in [1.29, 1.82) is 0 Å². The van der Waals surface area contributed by atoms with Crippen molar-refractivity contribution >= 4 is 34.0 Å². The molecule has 3 aromatic rings. The van der Waals surface area contributed by atoms with Gasteiger partial charge in [0.1, 0.15) is 5.82 Å². The third-order valence-corrected chi connectivity index (χ3v) is 5.73. The molecule has 0 aliphatic carbocycles. The smallest absolute Gasteiger partial charge is 0.289 e. The van der Waals surface area contributed by atoms with E-state index in [9.17, 15) is 4.79 Å². The minimum Gasteiger partial charge on any atom is -0.378 e. The number of ether oxygens (including phenoxy) is 1. The van der Waals surface area contributed by atoms with E-state index in [1.54, 1.807) is 11.3 Å². The van der Waals surface area contributed by atoms with Crippen LogP contribution in [0.3, 0.4) is 0 Å². The molecule has 0 bridgehead atoms. The molecule has 7 heteroatoms. The summed E-state index contributed by atoms with van der Waals surface area (Å²) < 4.78 is 5.46. The lowest BCUT2D eigenvalue weighted by atomic mass is 10.1. The first-order chi connectivity index (χ1) is 13.1. The molecule has 6 nitrogen and oxygen atoms in total. The molecule has 0 radical (unpaired) electrons. The van der Waals surface area contributed by atoms with Crippen molar-refractivity contribution in [3.05, 3.63) is 51.5 Å². The Morgan fingerprint density at radius 1 is 1.22 bits per heavy atom. The van der Waals surface area contributed by atoms with Gasteiger partial charge in [0.05, 0.1) is 24.1 Å². The van der Waals surface area contributed by atoms with Gasteiger partial charge in [0.15, 0.2) is 0 Å². The van der Waals surface area contributed by atoms with Crippen molar-refractivity contribution in [2.24, 2.45) is 0 Å². The largest absolute Gasteiger partial charge is 0.378 e. The molecule has 27 heavy (non-hydrogen) atoms. The van der Waals surface area contributed by atoms with E-state index in [-0.39, 0.29) is 11.7 Å². The number of carbonyl (C=O) groups excluding carboxylic acids is 1. The number of aromatic nitrogens is 2. The zero-order valence-corrected chi connectivity index (χ0v) is 16.3. The molecular weight excluding hydrogens is 360 g/mol. The van der Waals surface area contributed by atoms with Crippen LogP contribution in [0, 0.1) is 13.8 Å². The van der Waals surface area contributed by atoms with Gasteiger partial charge >= 0.3 is 0 Å². The van der Waals surface area contributed by atoms with Gasteiger partial charge in [-0.1, -0.05) is 24.3 Å². The molecule has 1 aliphatic heterocycles. The molecule has 140 valence electrons. The van der Waals surface area contributed by atoms with Gasteiger partial charge in [-0.2, -0.15) is 0 Å². The third-order valence-electron chi connectivity index (χ3n) is 4.83. The molecule has 0 spiro atoms. The highest BCUT2D eigenvalue weighted by Crippen LogP contribution is 2.31. The van der Waals surface area contributed by atoms with Crippen LogP contribution in [-0.4, -0.2) is 42.2 Å². The van der Waals surface area contributed by atoms with Crippen LogP contribution in [0.2, 0.25) is 0 Å². The highest BCUT2D eigenvalue weighted by Gasteiger charge is 2.21. The Balaban J connectivity index is 1.63. The second-order valence-electron chi connectivity index (χ2n) is 6.63. The van der Waals surface area contributed by atoms with Crippen LogP contribution in [0.5, 0.6) is 0 Å². The van der Waals surface area contributed by atoms with E-state index in [1.165, 1.54) is 4.88 Å². The van der Waals surface area contributed by atoms with E-state index >= 15 is 0 Å². The van der Waals surface area contributed by atoms with Gasteiger partial charge in [-0.3, -0.25) is 4.79 Å². The number of hydrogen-bond acceptors (Lipinski definition) is 6. The van der Waals surface area contributed by atoms with Crippen LogP contribution in [0.25, 0.3) is 10.9 Å². The second-order valence-corrected chi connectivity index (χ2v) is 7.72. The first kappa shape index (κ1) is 17.9. The zero-order chi connectivity index (χ0) is 18.8. The monoisotopic (exact) mass is 382 g/mol. The molecule has 1 aromatic carbocycles. The fraction of sp³-hybridized carbons (Fsp3) is 0.350. The molecule has 1 fully saturated rings. The van der Waals surface area contributed by atoms with Crippen molar-refractivity contribution in [2.75, 3.05) is 31.2 Å². The minimum atomic E-state index is -0.251. The summed E-state index contributed by atoms with van der Waals surface area (Å²) in [7, 11) is 0. The fourth-order valence-corrected chi connectivity index (χ4v) is 4.03. The Morgan fingerprint density at radius 2 is 2.00 bits per heavy atom. The Kier molecular flexibility index (Phi) is 5.05. The topological polar surface area (TPSA) is 67.4 Å². The summed E-state index contributed by atoms with van der Waals surface area (Å²) in [4.78, 5) is 25.3. The van der Waals surface area contributed by atoms with Crippen LogP contribution < -0.4 is 10.2 Å². The number of morpholine rings is 1. The lowest BCUT2D eigenvalue weighted by Crippen LogP contribution is -2.37. The van der Waals surface area contributed by atoms with E-state index in [0.717, 1.165) is 40.9 Å². The first-order valence-electron chi connectivity index (χ1n) is 9.04. The maximum absolute atomic E-state index is 12.7. The summed E-state index contributed by atoms with van der Waals surface area (Å²) in [6.45, 7) is 7.44. The molecule has 1 amide bonds. The molecule has 1 N–H and O–H groups in total. The summed E-state index contributed by atoms with van der Waals surface area (Å²) in [5.74, 6) is 0.803. The average Bonchev–Trinajstić information content (AvgIpc) is 3.08. The van der Waals surface area contributed by atoms with Gasteiger partial charge in [0.2, 0.25) is 5.82 Å². The SMILES string of the molecule is Cc1ccccc1CNC(=O)c1nc(N2CCOCC2)c2c(C)scc2n1. The predicted molar refractivity (Wildman–Crippen MR) is 108 cm³/mol. The van der Waals surface area contributed by atoms with Crippen molar-refractivity contribution in [2.45, 2.75) is 20.4 Å². The van der Waals surface area contributed by atoms with E-state index < -0.39 is 0 Å². The maximum Gasteiger partial charge on any atom is 0.289 e. The molecule has 0 atom stereocenters. The van der Waals surface area contributed by atoms with Crippen LogP contribution in [0.4, 0.5) is 5.82 Å². The number of nitrogens with zero attached hydrogens (tertiary/aromatic N) is 3. The number of nitrogens with one attached hydrogen (secondary N) is 1.